The van der Waals surface area contributed by atoms with Gasteiger partial charge in [0.05, 0.1) is 0 Å². The van der Waals surface area contributed by atoms with Crippen molar-refractivity contribution in [1.29, 1.82) is 0 Å². The van der Waals surface area contributed by atoms with E-state index in [-0.39, 0.29) is 0 Å². The highest BCUT2D eigenvalue weighted by atomic mass is 15.0. The van der Waals surface area contributed by atoms with Gasteiger partial charge in [-0.25, -0.2) is 0 Å². The van der Waals surface area contributed by atoms with Crippen molar-refractivity contribution in [2.75, 3.05) is 13.1 Å². The fourth-order valence-electron chi connectivity index (χ4n) is 2.85. The summed E-state index contributed by atoms with van der Waals surface area (Å²) < 4.78 is 0. The second-order valence-corrected chi connectivity index (χ2v) is 6.02. The van der Waals surface area contributed by atoms with Crippen LogP contribution in [0, 0.1) is 11.8 Å². The molecule has 4 unspecified atom stereocenters. The van der Waals surface area contributed by atoms with E-state index < -0.39 is 0 Å². The van der Waals surface area contributed by atoms with Gasteiger partial charge in [-0.15, -0.1) is 0 Å². The number of hydrogen-bond acceptors (Lipinski definition) is 2. The first kappa shape index (κ1) is 12.4. The number of hydrogen-bond donors (Lipinski definition) is 2. The van der Waals surface area contributed by atoms with E-state index in [2.05, 4.69) is 24.5 Å². The lowest BCUT2D eigenvalue weighted by atomic mass is 10.0. The van der Waals surface area contributed by atoms with Crippen molar-refractivity contribution in [1.82, 2.24) is 10.6 Å². The Labute approximate surface area is 101 Å². The van der Waals surface area contributed by atoms with Gasteiger partial charge in [0, 0.05) is 12.1 Å². The van der Waals surface area contributed by atoms with Crippen LogP contribution >= 0.6 is 0 Å². The zero-order chi connectivity index (χ0) is 11.4. The summed E-state index contributed by atoms with van der Waals surface area (Å²) in [6, 6.07) is 1.45. The number of nitrogens with one attached hydrogen (secondary N) is 2. The second kappa shape index (κ2) is 6.02. The first-order valence-electron chi connectivity index (χ1n) is 7.22. The molecule has 4 atom stereocenters. The Kier molecular flexibility index (Phi) is 4.66. The van der Waals surface area contributed by atoms with E-state index >= 15 is 0 Å². The van der Waals surface area contributed by atoms with Crippen molar-refractivity contribution in [2.24, 2.45) is 11.8 Å². The molecule has 2 aliphatic rings. The largest absolute Gasteiger partial charge is 0.314 e. The standard InChI is InChI=1S/C14H28N2/c1-11-8-13(11)10-16-12(2)9-14-6-4-3-5-7-15-14/h11-16H,3-10H2,1-2H3. The molecule has 16 heavy (non-hydrogen) atoms. The zero-order valence-corrected chi connectivity index (χ0v) is 11.0. The molecule has 1 saturated heterocycles. The summed E-state index contributed by atoms with van der Waals surface area (Å²) in [4.78, 5) is 0. The molecule has 1 heterocycles. The second-order valence-electron chi connectivity index (χ2n) is 6.02. The van der Waals surface area contributed by atoms with Crippen LogP contribution in [0.4, 0.5) is 0 Å². The summed E-state index contributed by atoms with van der Waals surface area (Å²) in [5, 5.41) is 7.39. The average molecular weight is 224 g/mol. The van der Waals surface area contributed by atoms with E-state index in [1.807, 2.05) is 0 Å². The van der Waals surface area contributed by atoms with E-state index in [9.17, 15) is 0 Å². The van der Waals surface area contributed by atoms with Gasteiger partial charge in [0.2, 0.25) is 0 Å². The highest BCUT2D eigenvalue weighted by Crippen LogP contribution is 2.36. The van der Waals surface area contributed by atoms with Gasteiger partial charge in [-0.3, -0.25) is 0 Å². The minimum atomic E-state index is 0.684. The third kappa shape index (κ3) is 4.06. The zero-order valence-electron chi connectivity index (χ0n) is 11.0. The van der Waals surface area contributed by atoms with E-state index in [0.717, 1.165) is 17.9 Å². The summed E-state index contributed by atoms with van der Waals surface area (Å²) in [7, 11) is 0. The molecule has 1 saturated carbocycles. The molecule has 2 fully saturated rings. The highest BCUT2D eigenvalue weighted by Gasteiger charge is 2.32. The van der Waals surface area contributed by atoms with Gasteiger partial charge in [-0.05, 0) is 57.5 Å². The molecule has 1 aliphatic heterocycles. The van der Waals surface area contributed by atoms with Crippen LogP contribution in [0.5, 0.6) is 0 Å². The molecule has 2 nitrogen and oxygen atoms in total. The Morgan fingerprint density at radius 2 is 2.12 bits per heavy atom. The highest BCUT2D eigenvalue weighted by molar-refractivity contribution is 4.85. The van der Waals surface area contributed by atoms with Gasteiger partial charge in [0.1, 0.15) is 0 Å². The molecule has 1 aliphatic carbocycles. The summed E-state index contributed by atoms with van der Waals surface area (Å²) in [5.41, 5.74) is 0. The summed E-state index contributed by atoms with van der Waals surface area (Å²) in [6.45, 7) is 7.19. The third-order valence-corrected chi connectivity index (χ3v) is 4.31. The van der Waals surface area contributed by atoms with Crippen molar-refractivity contribution >= 4 is 0 Å². The molecular formula is C14H28N2. The molecule has 0 aromatic rings. The Morgan fingerprint density at radius 1 is 1.31 bits per heavy atom. The Hall–Kier alpha value is -0.0800. The Morgan fingerprint density at radius 3 is 2.88 bits per heavy atom. The van der Waals surface area contributed by atoms with E-state index in [0.29, 0.717) is 6.04 Å². The van der Waals surface area contributed by atoms with E-state index in [1.165, 1.54) is 51.6 Å². The van der Waals surface area contributed by atoms with Crippen molar-refractivity contribution in [3.05, 3.63) is 0 Å². The van der Waals surface area contributed by atoms with Crippen LogP contribution in [0.25, 0.3) is 0 Å². The predicted molar refractivity (Wildman–Crippen MR) is 69.6 cm³/mol. The quantitative estimate of drug-likeness (QED) is 0.750. The average Bonchev–Trinajstić information content (AvgIpc) is 3.00. The molecule has 0 aromatic carbocycles. The lowest BCUT2D eigenvalue weighted by Gasteiger charge is -2.21. The van der Waals surface area contributed by atoms with Crippen molar-refractivity contribution in [3.63, 3.8) is 0 Å². The van der Waals surface area contributed by atoms with Gasteiger partial charge < -0.3 is 10.6 Å². The smallest absolute Gasteiger partial charge is 0.00817 e. The van der Waals surface area contributed by atoms with Crippen LogP contribution in [-0.4, -0.2) is 25.2 Å². The maximum Gasteiger partial charge on any atom is 0.00817 e. The third-order valence-electron chi connectivity index (χ3n) is 4.31. The molecule has 0 radical (unpaired) electrons. The van der Waals surface area contributed by atoms with Gasteiger partial charge in [-0.2, -0.15) is 0 Å². The molecule has 0 spiro atoms. The van der Waals surface area contributed by atoms with Crippen LogP contribution in [0.3, 0.4) is 0 Å². The molecule has 94 valence electrons. The van der Waals surface area contributed by atoms with Gasteiger partial charge in [0.15, 0.2) is 0 Å². The maximum absolute atomic E-state index is 3.70. The predicted octanol–water partition coefficient (Wildman–Crippen LogP) is 2.54. The molecule has 0 bridgehead atoms. The molecule has 0 amide bonds. The summed E-state index contributed by atoms with van der Waals surface area (Å²) >= 11 is 0. The molecule has 2 heteroatoms. The molecule has 0 aromatic heterocycles. The van der Waals surface area contributed by atoms with Crippen molar-refractivity contribution in [3.8, 4) is 0 Å². The van der Waals surface area contributed by atoms with Crippen LogP contribution in [-0.2, 0) is 0 Å². The minimum Gasteiger partial charge on any atom is -0.314 e. The molecule has 2 rings (SSSR count). The van der Waals surface area contributed by atoms with Crippen molar-refractivity contribution < 1.29 is 0 Å². The topological polar surface area (TPSA) is 24.1 Å². The fraction of sp³-hybridized carbons (Fsp3) is 1.00. The maximum atomic E-state index is 3.70. The fourth-order valence-corrected chi connectivity index (χ4v) is 2.85. The lowest BCUT2D eigenvalue weighted by Crippen LogP contribution is -2.37. The van der Waals surface area contributed by atoms with Crippen molar-refractivity contribution in [2.45, 2.75) is 64.5 Å². The Bertz CT molecular complexity index is 197. The van der Waals surface area contributed by atoms with Crippen LogP contribution < -0.4 is 10.6 Å². The van der Waals surface area contributed by atoms with E-state index in [1.54, 1.807) is 0 Å². The van der Waals surface area contributed by atoms with Gasteiger partial charge in [0.25, 0.3) is 0 Å². The molecule has 2 N–H and O–H groups in total. The van der Waals surface area contributed by atoms with Gasteiger partial charge >= 0.3 is 0 Å². The van der Waals surface area contributed by atoms with Crippen LogP contribution in [0.1, 0.15) is 52.4 Å². The van der Waals surface area contributed by atoms with Crippen LogP contribution in [0.15, 0.2) is 0 Å². The monoisotopic (exact) mass is 224 g/mol. The first-order chi connectivity index (χ1) is 7.75. The summed E-state index contributed by atoms with van der Waals surface area (Å²) in [6.07, 6.45) is 8.35. The SMILES string of the molecule is CC(CC1CCCCCN1)NCC1CC1C. The first-order valence-corrected chi connectivity index (χ1v) is 7.22. The van der Waals surface area contributed by atoms with Crippen LogP contribution in [0.2, 0.25) is 0 Å². The number of rotatable bonds is 5. The Balaban J connectivity index is 1.59. The summed E-state index contributed by atoms with van der Waals surface area (Å²) in [5.74, 6) is 1.96. The van der Waals surface area contributed by atoms with E-state index in [4.69, 9.17) is 0 Å². The lowest BCUT2D eigenvalue weighted by molar-refractivity contribution is 0.397. The normalized spacial score (nSPS) is 36.8. The van der Waals surface area contributed by atoms with Gasteiger partial charge in [-0.1, -0.05) is 19.8 Å². The molecular weight excluding hydrogens is 196 g/mol. The minimum absolute atomic E-state index is 0.684.